The number of carbonyl (C=O) groups excluding carboxylic acids is 1. The molecule has 1 aromatic carbocycles. The lowest BCUT2D eigenvalue weighted by Gasteiger charge is -2.14. The van der Waals surface area contributed by atoms with Crippen molar-refractivity contribution in [3.8, 4) is 0 Å². The summed E-state index contributed by atoms with van der Waals surface area (Å²) in [6.45, 7) is 2.08. The van der Waals surface area contributed by atoms with E-state index < -0.39 is 0 Å². The Morgan fingerprint density at radius 2 is 2.00 bits per heavy atom. The molecule has 92 valence electrons. The number of hydrogen-bond donors (Lipinski definition) is 0. The molecule has 0 saturated heterocycles. The van der Waals surface area contributed by atoms with Gasteiger partial charge in [0.25, 0.3) is 0 Å². The molecule has 0 aromatic heterocycles. The molecule has 1 unspecified atom stereocenters. The fourth-order valence-electron chi connectivity index (χ4n) is 2.21. The van der Waals surface area contributed by atoms with Crippen LogP contribution in [0.2, 0.25) is 0 Å². The lowest BCUT2D eigenvalue weighted by molar-refractivity contribution is -0.108. The number of aldehydes is 1. The zero-order valence-corrected chi connectivity index (χ0v) is 10.6. The van der Waals surface area contributed by atoms with Gasteiger partial charge in [0.2, 0.25) is 0 Å². The van der Waals surface area contributed by atoms with Crippen molar-refractivity contribution in [2.24, 2.45) is 0 Å². The van der Waals surface area contributed by atoms with Crippen molar-refractivity contribution in [1.82, 2.24) is 0 Å². The third-order valence-electron chi connectivity index (χ3n) is 3.77. The SMILES string of the molecule is COC1(Cc2ccc(C(C)CC=O)cc2)CC1. The molecular formula is C15H20O2. The number of carbonyl (C=O) groups is 1. The predicted molar refractivity (Wildman–Crippen MR) is 68.2 cm³/mol. The van der Waals surface area contributed by atoms with Crippen LogP contribution in [0.4, 0.5) is 0 Å². The van der Waals surface area contributed by atoms with Gasteiger partial charge in [-0.05, 0) is 29.9 Å². The molecule has 2 rings (SSSR count). The molecular weight excluding hydrogens is 212 g/mol. The molecule has 1 fully saturated rings. The minimum Gasteiger partial charge on any atom is -0.378 e. The van der Waals surface area contributed by atoms with Crippen LogP contribution in [0.5, 0.6) is 0 Å². The third kappa shape index (κ3) is 2.95. The van der Waals surface area contributed by atoms with Crippen LogP contribution in [0, 0.1) is 0 Å². The molecule has 1 aliphatic rings. The zero-order chi connectivity index (χ0) is 12.3. The van der Waals surface area contributed by atoms with Crippen molar-refractivity contribution in [2.45, 2.75) is 44.1 Å². The molecule has 0 spiro atoms. The van der Waals surface area contributed by atoms with E-state index in [4.69, 9.17) is 4.74 Å². The number of benzene rings is 1. The molecule has 1 aliphatic carbocycles. The van der Waals surface area contributed by atoms with Crippen LogP contribution in [0.3, 0.4) is 0 Å². The summed E-state index contributed by atoms with van der Waals surface area (Å²) >= 11 is 0. The molecule has 2 heteroatoms. The quantitative estimate of drug-likeness (QED) is 0.704. The lowest BCUT2D eigenvalue weighted by Crippen LogP contribution is -2.14. The maximum absolute atomic E-state index is 10.5. The highest BCUT2D eigenvalue weighted by Crippen LogP contribution is 2.41. The Labute approximate surface area is 103 Å². The summed E-state index contributed by atoms with van der Waals surface area (Å²) in [5, 5.41) is 0. The van der Waals surface area contributed by atoms with E-state index in [2.05, 4.69) is 31.2 Å². The zero-order valence-electron chi connectivity index (χ0n) is 10.6. The summed E-state index contributed by atoms with van der Waals surface area (Å²) in [6, 6.07) is 8.59. The van der Waals surface area contributed by atoms with Crippen LogP contribution in [0.15, 0.2) is 24.3 Å². The average Bonchev–Trinajstić information content (AvgIpc) is 3.11. The van der Waals surface area contributed by atoms with E-state index >= 15 is 0 Å². The highest BCUT2D eigenvalue weighted by molar-refractivity contribution is 5.51. The monoisotopic (exact) mass is 232 g/mol. The second-order valence-corrected chi connectivity index (χ2v) is 5.11. The van der Waals surface area contributed by atoms with Gasteiger partial charge in [-0.1, -0.05) is 31.2 Å². The molecule has 0 amide bonds. The van der Waals surface area contributed by atoms with Crippen molar-refractivity contribution in [3.05, 3.63) is 35.4 Å². The smallest absolute Gasteiger partial charge is 0.120 e. The van der Waals surface area contributed by atoms with Crippen LogP contribution < -0.4 is 0 Å². The topological polar surface area (TPSA) is 26.3 Å². The molecule has 0 aliphatic heterocycles. The van der Waals surface area contributed by atoms with Crippen molar-refractivity contribution >= 4 is 6.29 Å². The van der Waals surface area contributed by atoms with Gasteiger partial charge in [0.05, 0.1) is 5.60 Å². The van der Waals surface area contributed by atoms with Gasteiger partial charge in [0.1, 0.15) is 6.29 Å². The average molecular weight is 232 g/mol. The Morgan fingerprint density at radius 3 is 2.47 bits per heavy atom. The van der Waals surface area contributed by atoms with Gasteiger partial charge in [-0.15, -0.1) is 0 Å². The van der Waals surface area contributed by atoms with E-state index in [-0.39, 0.29) is 5.60 Å². The molecule has 1 atom stereocenters. The molecule has 0 heterocycles. The molecule has 0 N–H and O–H groups in total. The van der Waals surface area contributed by atoms with Gasteiger partial charge in [-0.25, -0.2) is 0 Å². The minimum atomic E-state index is 0.121. The Bertz CT molecular complexity index is 376. The third-order valence-corrected chi connectivity index (χ3v) is 3.77. The number of rotatable bonds is 6. The van der Waals surface area contributed by atoms with Crippen molar-refractivity contribution in [1.29, 1.82) is 0 Å². The summed E-state index contributed by atoms with van der Waals surface area (Å²) < 4.78 is 5.52. The van der Waals surface area contributed by atoms with Crippen molar-refractivity contribution < 1.29 is 9.53 Å². The summed E-state index contributed by atoms with van der Waals surface area (Å²) in [6.07, 6.45) is 4.94. The first-order valence-corrected chi connectivity index (χ1v) is 6.27. The first-order chi connectivity index (χ1) is 8.19. The number of methoxy groups -OCH3 is 1. The maximum atomic E-state index is 10.5. The predicted octanol–water partition coefficient (Wildman–Crippen LogP) is 3.10. The number of hydrogen-bond acceptors (Lipinski definition) is 2. The van der Waals surface area contributed by atoms with Gasteiger partial charge in [0.15, 0.2) is 0 Å². The Hall–Kier alpha value is -1.15. The molecule has 0 radical (unpaired) electrons. The fraction of sp³-hybridized carbons (Fsp3) is 0.533. The maximum Gasteiger partial charge on any atom is 0.120 e. The van der Waals surface area contributed by atoms with Crippen molar-refractivity contribution in [2.75, 3.05) is 7.11 Å². The van der Waals surface area contributed by atoms with Crippen LogP contribution in [-0.4, -0.2) is 19.0 Å². The van der Waals surface area contributed by atoms with Crippen LogP contribution >= 0.6 is 0 Å². The van der Waals surface area contributed by atoms with Crippen molar-refractivity contribution in [3.63, 3.8) is 0 Å². The molecule has 1 saturated carbocycles. The Kier molecular flexibility index (Phi) is 3.63. The van der Waals surface area contributed by atoms with E-state index in [0.29, 0.717) is 12.3 Å². The van der Waals surface area contributed by atoms with Crippen LogP contribution in [-0.2, 0) is 16.0 Å². The first kappa shape index (κ1) is 12.3. The Morgan fingerprint density at radius 1 is 1.35 bits per heavy atom. The van der Waals surface area contributed by atoms with Crippen LogP contribution in [0.1, 0.15) is 43.2 Å². The van der Waals surface area contributed by atoms with E-state index in [1.807, 2.05) is 0 Å². The highest BCUT2D eigenvalue weighted by atomic mass is 16.5. The molecule has 2 nitrogen and oxygen atoms in total. The van der Waals surface area contributed by atoms with E-state index in [0.717, 1.165) is 12.7 Å². The summed E-state index contributed by atoms with van der Waals surface area (Å²) in [7, 11) is 1.80. The summed E-state index contributed by atoms with van der Waals surface area (Å²) in [5.74, 6) is 0.318. The van der Waals surface area contributed by atoms with E-state index in [1.165, 1.54) is 24.0 Å². The summed E-state index contributed by atoms with van der Waals surface area (Å²) in [5.41, 5.74) is 2.69. The first-order valence-electron chi connectivity index (χ1n) is 6.27. The molecule has 0 bridgehead atoms. The standard InChI is InChI=1S/C15H20O2/c1-12(7-10-16)14-5-3-13(4-6-14)11-15(17-2)8-9-15/h3-6,10,12H,7-9,11H2,1-2H3. The van der Waals surface area contributed by atoms with E-state index in [1.54, 1.807) is 7.11 Å². The second kappa shape index (κ2) is 5.01. The second-order valence-electron chi connectivity index (χ2n) is 5.11. The minimum absolute atomic E-state index is 0.121. The van der Waals surface area contributed by atoms with Gasteiger partial charge in [-0.2, -0.15) is 0 Å². The summed E-state index contributed by atoms with van der Waals surface area (Å²) in [4.78, 5) is 10.5. The fourth-order valence-corrected chi connectivity index (χ4v) is 2.21. The molecule has 1 aromatic rings. The van der Waals surface area contributed by atoms with Gasteiger partial charge >= 0.3 is 0 Å². The normalized spacial score (nSPS) is 18.7. The lowest BCUT2D eigenvalue weighted by atomic mass is 9.96. The van der Waals surface area contributed by atoms with Gasteiger partial charge in [0, 0.05) is 20.0 Å². The van der Waals surface area contributed by atoms with Gasteiger partial charge < -0.3 is 9.53 Å². The van der Waals surface area contributed by atoms with Crippen LogP contribution in [0.25, 0.3) is 0 Å². The molecule has 17 heavy (non-hydrogen) atoms. The van der Waals surface area contributed by atoms with Gasteiger partial charge in [-0.3, -0.25) is 0 Å². The van der Waals surface area contributed by atoms with E-state index in [9.17, 15) is 4.79 Å². The number of ether oxygens (including phenoxy) is 1. The Balaban J connectivity index is 2.00. The largest absolute Gasteiger partial charge is 0.378 e. The highest BCUT2D eigenvalue weighted by Gasteiger charge is 2.42.